The topological polar surface area (TPSA) is 86.7 Å². The average molecular weight is 345 g/mol. The van der Waals surface area contributed by atoms with Crippen molar-refractivity contribution in [1.82, 2.24) is 19.7 Å². The fourth-order valence-corrected chi connectivity index (χ4v) is 3.77. The van der Waals surface area contributed by atoms with Crippen LogP contribution in [0, 0.1) is 10.1 Å². The lowest BCUT2D eigenvalue weighted by atomic mass is 10.4. The van der Waals surface area contributed by atoms with E-state index in [1.165, 1.54) is 24.0 Å². The Kier molecular flexibility index (Phi) is 3.58. The summed E-state index contributed by atoms with van der Waals surface area (Å²) in [6, 6.07) is 7.55. The number of thiophene rings is 1. The van der Waals surface area contributed by atoms with Gasteiger partial charge >= 0.3 is 0 Å². The summed E-state index contributed by atoms with van der Waals surface area (Å²) in [5.74, 6) is 0.881. The number of nitro groups is 1. The highest BCUT2D eigenvalue weighted by molar-refractivity contribution is 7.99. The van der Waals surface area contributed by atoms with Crippen molar-refractivity contribution >= 4 is 28.8 Å². The average Bonchev–Trinajstić information content (AvgIpc) is 3.08. The van der Waals surface area contributed by atoms with E-state index in [1.807, 2.05) is 17.5 Å². The second-order valence-corrected chi connectivity index (χ2v) is 7.03. The monoisotopic (exact) mass is 345 g/mol. The van der Waals surface area contributed by atoms with Gasteiger partial charge in [0, 0.05) is 12.1 Å². The van der Waals surface area contributed by atoms with Crippen LogP contribution in [0.2, 0.25) is 0 Å². The largest absolute Gasteiger partial charge is 0.298 e. The third-order valence-electron chi connectivity index (χ3n) is 3.45. The summed E-state index contributed by atoms with van der Waals surface area (Å²) >= 11 is 3.02. The first-order chi connectivity index (χ1) is 11.2. The summed E-state index contributed by atoms with van der Waals surface area (Å²) in [5.41, 5.74) is -0.0164. The van der Waals surface area contributed by atoms with Gasteiger partial charge in [-0.2, -0.15) is 0 Å². The maximum atomic E-state index is 10.7. The Balaban J connectivity index is 1.65. The van der Waals surface area contributed by atoms with Gasteiger partial charge in [-0.1, -0.05) is 6.07 Å². The van der Waals surface area contributed by atoms with Crippen molar-refractivity contribution in [1.29, 1.82) is 0 Å². The van der Waals surface area contributed by atoms with Crippen LogP contribution in [0.3, 0.4) is 0 Å². The Labute approximate surface area is 139 Å². The van der Waals surface area contributed by atoms with Crippen molar-refractivity contribution in [3.63, 3.8) is 0 Å². The van der Waals surface area contributed by atoms with Gasteiger partial charge in [-0.05, 0) is 42.1 Å². The molecule has 3 aromatic heterocycles. The van der Waals surface area contributed by atoms with Crippen molar-refractivity contribution in [2.75, 3.05) is 0 Å². The van der Waals surface area contributed by atoms with Gasteiger partial charge in [0.05, 0.1) is 9.80 Å². The number of aromatic nitrogens is 4. The number of rotatable bonds is 5. The first kappa shape index (κ1) is 14.3. The van der Waals surface area contributed by atoms with Crippen LogP contribution in [0.15, 0.2) is 46.0 Å². The first-order valence-electron chi connectivity index (χ1n) is 6.99. The zero-order valence-corrected chi connectivity index (χ0v) is 13.5. The summed E-state index contributed by atoms with van der Waals surface area (Å²) in [4.78, 5) is 15.5. The second kappa shape index (κ2) is 5.74. The minimum absolute atomic E-state index is 0.0164. The highest BCUT2D eigenvalue weighted by atomic mass is 32.2. The molecule has 3 aromatic rings. The standard InChI is InChI=1S/C14H11N5O2S2/c20-19(21)10-5-6-12(15-8-10)23-14-17-16-13(11-2-1-7-22-11)18(14)9-3-4-9/h1-2,5-9H,3-4H2. The van der Waals surface area contributed by atoms with Crippen LogP contribution in [-0.4, -0.2) is 24.7 Å². The molecule has 23 heavy (non-hydrogen) atoms. The molecule has 0 radical (unpaired) electrons. The SMILES string of the molecule is O=[N+]([O-])c1ccc(Sc2nnc(-c3cccs3)n2C2CC2)nc1. The van der Waals surface area contributed by atoms with Gasteiger partial charge in [-0.15, -0.1) is 21.5 Å². The molecule has 0 N–H and O–H groups in total. The van der Waals surface area contributed by atoms with Gasteiger partial charge < -0.3 is 0 Å². The van der Waals surface area contributed by atoms with Crippen molar-refractivity contribution in [3.05, 3.63) is 46.0 Å². The number of pyridine rings is 1. The van der Waals surface area contributed by atoms with Crippen LogP contribution in [0.1, 0.15) is 18.9 Å². The zero-order chi connectivity index (χ0) is 15.8. The van der Waals surface area contributed by atoms with E-state index in [-0.39, 0.29) is 5.69 Å². The van der Waals surface area contributed by atoms with Crippen LogP contribution in [-0.2, 0) is 0 Å². The molecule has 4 rings (SSSR count). The lowest BCUT2D eigenvalue weighted by Crippen LogP contribution is -1.99. The van der Waals surface area contributed by atoms with Crippen LogP contribution < -0.4 is 0 Å². The van der Waals surface area contributed by atoms with Gasteiger partial charge in [0.1, 0.15) is 11.2 Å². The quantitative estimate of drug-likeness (QED) is 0.516. The Morgan fingerprint density at radius 1 is 1.30 bits per heavy atom. The Morgan fingerprint density at radius 2 is 2.17 bits per heavy atom. The highest BCUT2D eigenvalue weighted by Gasteiger charge is 2.30. The molecule has 0 saturated heterocycles. The molecule has 9 heteroatoms. The lowest BCUT2D eigenvalue weighted by Gasteiger charge is -2.07. The van der Waals surface area contributed by atoms with Crippen molar-refractivity contribution in [3.8, 4) is 10.7 Å². The van der Waals surface area contributed by atoms with E-state index in [4.69, 9.17) is 0 Å². The maximum absolute atomic E-state index is 10.7. The van der Waals surface area contributed by atoms with Crippen LogP contribution >= 0.6 is 23.1 Å². The fourth-order valence-electron chi connectivity index (χ4n) is 2.22. The van der Waals surface area contributed by atoms with E-state index in [0.29, 0.717) is 11.1 Å². The number of hydrogen-bond donors (Lipinski definition) is 0. The third-order valence-corrected chi connectivity index (χ3v) is 5.22. The van der Waals surface area contributed by atoms with Gasteiger partial charge in [-0.25, -0.2) is 4.98 Å². The van der Waals surface area contributed by atoms with Crippen molar-refractivity contribution < 1.29 is 4.92 Å². The molecule has 0 bridgehead atoms. The van der Waals surface area contributed by atoms with Crippen LogP contribution in [0.5, 0.6) is 0 Å². The molecule has 0 amide bonds. The predicted molar refractivity (Wildman–Crippen MR) is 86.6 cm³/mol. The molecule has 0 atom stereocenters. The third kappa shape index (κ3) is 2.84. The highest BCUT2D eigenvalue weighted by Crippen LogP contribution is 2.42. The van der Waals surface area contributed by atoms with Crippen LogP contribution in [0.4, 0.5) is 5.69 Å². The minimum Gasteiger partial charge on any atom is -0.298 e. The van der Waals surface area contributed by atoms with E-state index in [2.05, 4.69) is 19.7 Å². The summed E-state index contributed by atoms with van der Waals surface area (Å²) in [6.45, 7) is 0. The molecule has 1 aliphatic rings. The molecule has 0 spiro atoms. The van der Waals surface area contributed by atoms with E-state index < -0.39 is 4.92 Å². The first-order valence-corrected chi connectivity index (χ1v) is 8.69. The molecule has 1 aliphatic carbocycles. The number of hydrogen-bond acceptors (Lipinski definition) is 7. The van der Waals surface area contributed by atoms with E-state index in [9.17, 15) is 10.1 Å². The van der Waals surface area contributed by atoms with E-state index >= 15 is 0 Å². The predicted octanol–water partition coefficient (Wildman–Crippen LogP) is 3.80. The molecule has 116 valence electrons. The van der Waals surface area contributed by atoms with Gasteiger partial charge in [0.25, 0.3) is 5.69 Å². The lowest BCUT2D eigenvalue weighted by molar-refractivity contribution is -0.385. The van der Waals surface area contributed by atoms with Crippen molar-refractivity contribution in [2.45, 2.75) is 29.1 Å². The Hall–Kier alpha value is -2.26. The van der Waals surface area contributed by atoms with Gasteiger partial charge in [0.2, 0.25) is 0 Å². The van der Waals surface area contributed by atoms with Gasteiger partial charge in [-0.3, -0.25) is 14.7 Å². The molecule has 0 aromatic carbocycles. The molecule has 0 unspecified atom stereocenters. The maximum Gasteiger partial charge on any atom is 0.287 e. The number of nitrogens with zero attached hydrogens (tertiary/aromatic N) is 5. The Bertz CT molecular complexity index is 841. The normalized spacial score (nSPS) is 14.1. The summed E-state index contributed by atoms with van der Waals surface area (Å²) in [5, 5.41) is 22.8. The molecular weight excluding hydrogens is 334 g/mol. The van der Waals surface area contributed by atoms with E-state index in [0.717, 1.165) is 28.7 Å². The Morgan fingerprint density at radius 3 is 2.78 bits per heavy atom. The molecule has 3 heterocycles. The molecular formula is C14H11N5O2S2. The van der Waals surface area contributed by atoms with Crippen LogP contribution in [0.25, 0.3) is 10.7 Å². The van der Waals surface area contributed by atoms with Crippen molar-refractivity contribution in [2.24, 2.45) is 0 Å². The summed E-state index contributed by atoms with van der Waals surface area (Å²) in [7, 11) is 0. The minimum atomic E-state index is -0.455. The summed E-state index contributed by atoms with van der Waals surface area (Å²) < 4.78 is 2.15. The molecule has 1 saturated carbocycles. The zero-order valence-electron chi connectivity index (χ0n) is 11.8. The molecule has 7 nitrogen and oxygen atoms in total. The molecule has 0 aliphatic heterocycles. The van der Waals surface area contributed by atoms with Gasteiger partial charge in [0.15, 0.2) is 11.0 Å². The molecule has 1 fully saturated rings. The second-order valence-electron chi connectivity index (χ2n) is 5.10. The summed E-state index contributed by atoms with van der Waals surface area (Å²) in [6.07, 6.45) is 3.51. The van der Waals surface area contributed by atoms with E-state index in [1.54, 1.807) is 17.4 Å². The fraction of sp³-hybridized carbons (Fsp3) is 0.214. The smallest absolute Gasteiger partial charge is 0.287 e.